The van der Waals surface area contributed by atoms with Gasteiger partial charge in [-0.05, 0) is 70.9 Å². The van der Waals surface area contributed by atoms with Crippen LogP contribution in [0.15, 0.2) is 170 Å². The molecule has 0 heterocycles. The van der Waals surface area contributed by atoms with Crippen molar-refractivity contribution in [3.8, 4) is 0 Å². The Labute approximate surface area is 240 Å². The van der Waals surface area contributed by atoms with Crippen molar-refractivity contribution in [1.29, 1.82) is 0 Å². The second-order valence-corrected chi connectivity index (χ2v) is 14.0. The Hall–Kier alpha value is -4.08. The Morgan fingerprint density at radius 2 is 0.550 bits per heavy atom. The van der Waals surface area contributed by atoms with Gasteiger partial charge in [-0.25, -0.2) is 0 Å². The molecule has 192 valence electrons. The van der Waals surface area contributed by atoms with Gasteiger partial charge in [-0.2, -0.15) is 0 Å². The largest absolute Gasteiger partial charge is 0.0622 e. The van der Waals surface area contributed by atoms with E-state index in [0.717, 1.165) is 0 Å². The van der Waals surface area contributed by atoms with Crippen molar-refractivity contribution in [2.24, 2.45) is 0 Å². The van der Waals surface area contributed by atoms with E-state index in [1.807, 2.05) is 0 Å². The molecule has 6 rings (SSSR count). The van der Waals surface area contributed by atoms with Crippen molar-refractivity contribution in [2.45, 2.75) is 0 Å². The van der Waals surface area contributed by atoms with Gasteiger partial charge < -0.3 is 0 Å². The first-order valence-corrected chi connectivity index (χ1v) is 16.2. The van der Waals surface area contributed by atoms with Crippen LogP contribution in [0.5, 0.6) is 0 Å². The molecule has 0 amide bonds. The molecule has 2 heteroatoms. The zero-order valence-corrected chi connectivity index (χ0v) is 24.0. The van der Waals surface area contributed by atoms with Crippen LogP contribution in [0, 0.1) is 0 Å². The van der Waals surface area contributed by atoms with E-state index in [1.165, 1.54) is 43.0 Å². The van der Waals surface area contributed by atoms with Crippen LogP contribution in [-0.2, 0) is 0 Å². The van der Waals surface area contributed by atoms with Crippen LogP contribution in [0.1, 0.15) is 11.1 Å². The summed E-state index contributed by atoms with van der Waals surface area (Å²) in [4.78, 5) is 0. The van der Waals surface area contributed by atoms with Gasteiger partial charge in [0, 0.05) is 0 Å². The lowest BCUT2D eigenvalue weighted by Crippen LogP contribution is -2.20. The molecular formula is C38H30P2. The molecule has 6 aromatic carbocycles. The van der Waals surface area contributed by atoms with E-state index >= 15 is 0 Å². The third-order valence-electron chi connectivity index (χ3n) is 6.78. The van der Waals surface area contributed by atoms with Crippen LogP contribution in [0.2, 0.25) is 0 Å². The van der Waals surface area contributed by atoms with Crippen LogP contribution in [0.25, 0.3) is 12.2 Å². The maximum absolute atomic E-state index is 2.35. The fourth-order valence-corrected chi connectivity index (χ4v) is 9.63. The highest BCUT2D eigenvalue weighted by Gasteiger charge is 2.17. The van der Waals surface area contributed by atoms with Crippen molar-refractivity contribution in [2.75, 3.05) is 0 Å². The lowest BCUT2D eigenvalue weighted by atomic mass is 10.1. The Morgan fingerprint density at radius 1 is 0.275 bits per heavy atom. The molecule has 0 saturated heterocycles. The summed E-state index contributed by atoms with van der Waals surface area (Å²) in [6.07, 6.45) is 4.50. The van der Waals surface area contributed by atoms with E-state index in [4.69, 9.17) is 0 Å². The van der Waals surface area contributed by atoms with Gasteiger partial charge in [0.05, 0.1) is 0 Å². The number of hydrogen-bond acceptors (Lipinski definition) is 0. The van der Waals surface area contributed by atoms with Gasteiger partial charge in [0.25, 0.3) is 0 Å². The van der Waals surface area contributed by atoms with Crippen molar-refractivity contribution >= 4 is 59.8 Å². The van der Waals surface area contributed by atoms with Crippen molar-refractivity contribution < 1.29 is 0 Å². The average Bonchev–Trinajstić information content (AvgIpc) is 3.03. The number of benzene rings is 6. The molecule has 40 heavy (non-hydrogen) atoms. The van der Waals surface area contributed by atoms with Gasteiger partial charge in [-0.1, -0.05) is 170 Å². The summed E-state index contributed by atoms with van der Waals surface area (Å²) in [5, 5.41) is 8.20. The molecular weight excluding hydrogens is 518 g/mol. The molecule has 6 aromatic rings. The highest BCUT2D eigenvalue weighted by molar-refractivity contribution is 7.80. The van der Waals surface area contributed by atoms with Crippen LogP contribution in [-0.4, -0.2) is 0 Å². The molecule has 0 spiro atoms. The summed E-state index contributed by atoms with van der Waals surface area (Å²) in [6.45, 7) is 0. The maximum atomic E-state index is 2.35. The van der Waals surface area contributed by atoms with Crippen LogP contribution in [0.4, 0.5) is 0 Å². The lowest BCUT2D eigenvalue weighted by Gasteiger charge is -2.20. The monoisotopic (exact) mass is 548 g/mol. The third-order valence-corrected chi connectivity index (χ3v) is 11.6. The third kappa shape index (κ3) is 6.21. The van der Waals surface area contributed by atoms with E-state index in [1.54, 1.807) is 0 Å². The summed E-state index contributed by atoms with van der Waals surface area (Å²) in [5.74, 6) is 0. The van der Waals surface area contributed by atoms with Crippen molar-refractivity contribution in [3.05, 3.63) is 181 Å². The minimum absolute atomic E-state index is 0.624. The average molecular weight is 549 g/mol. The quantitative estimate of drug-likeness (QED) is 0.138. The topological polar surface area (TPSA) is 0 Å². The Bertz CT molecular complexity index is 1470. The number of hydrogen-bond donors (Lipinski definition) is 0. The fourth-order valence-electron chi connectivity index (χ4n) is 4.93. The first-order valence-electron chi connectivity index (χ1n) is 13.5. The molecule has 0 unspecified atom stereocenters. The predicted molar refractivity (Wildman–Crippen MR) is 179 cm³/mol. The molecule has 0 N–H and O–H groups in total. The van der Waals surface area contributed by atoms with Gasteiger partial charge in [0.2, 0.25) is 0 Å². The zero-order valence-electron chi connectivity index (χ0n) is 22.2. The van der Waals surface area contributed by atoms with E-state index in [2.05, 4.69) is 182 Å². The molecule has 0 aromatic heterocycles. The molecule has 0 bridgehead atoms. The summed E-state index contributed by atoms with van der Waals surface area (Å²) in [7, 11) is -1.25. The molecule has 0 aliphatic carbocycles. The highest BCUT2D eigenvalue weighted by Crippen LogP contribution is 2.34. The molecule has 0 fully saturated rings. The second-order valence-electron chi connectivity index (χ2n) is 9.54. The normalized spacial score (nSPS) is 11.3. The standard InChI is InChI=1S/C38H30P2/c1-5-17-33(18-6-1)39(34-19-7-2-8-20-34)37-25-13-15-31(29-37)27-28-32-16-14-26-38(30-32)40(35-21-9-3-10-22-35)36-23-11-4-12-24-36/h1-30H/b28-27-. The second kappa shape index (κ2) is 12.8. The Kier molecular flexibility index (Phi) is 8.40. The molecule has 0 aliphatic rings. The summed E-state index contributed by atoms with van der Waals surface area (Å²) in [5.41, 5.74) is 2.44. The SMILES string of the molecule is C(=C/c1cccc(P(c2ccccc2)c2ccccc2)c1)/c1cccc(P(c2ccccc2)c2ccccc2)c1. The van der Waals surface area contributed by atoms with E-state index in [0.29, 0.717) is 0 Å². The molecule has 0 saturated carbocycles. The van der Waals surface area contributed by atoms with Gasteiger partial charge >= 0.3 is 0 Å². The van der Waals surface area contributed by atoms with Crippen LogP contribution in [0.3, 0.4) is 0 Å². The molecule has 0 atom stereocenters. The van der Waals surface area contributed by atoms with E-state index in [-0.39, 0.29) is 0 Å². The Balaban J connectivity index is 1.32. The van der Waals surface area contributed by atoms with Crippen LogP contribution >= 0.6 is 15.8 Å². The van der Waals surface area contributed by atoms with Gasteiger partial charge in [0.15, 0.2) is 0 Å². The zero-order chi connectivity index (χ0) is 27.0. The smallest absolute Gasteiger partial charge is 0.0134 e. The first-order chi connectivity index (χ1) is 19.8. The van der Waals surface area contributed by atoms with Gasteiger partial charge in [-0.3, -0.25) is 0 Å². The summed E-state index contributed by atoms with van der Waals surface area (Å²) >= 11 is 0. The molecule has 0 nitrogen and oxygen atoms in total. The highest BCUT2D eigenvalue weighted by atomic mass is 31.1. The van der Waals surface area contributed by atoms with Crippen molar-refractivity contribution in [3.63, 3.8) is 0 Å². The van der Waals surface area contributed by atoms with E-state index < -0.39 is 15.8 Å². The van der Waals surface area contributed by atoms with Gasteiger partial charge in [0.1, 0.15) is 0 Å². The lowest BCUT2D eigenvalue weighted by molar-refractivity contribution is 1.68. The van der Waals surface area contributed by atoms with Gasteiger partial charge in [-0.15, -0.1) is 0 Å². The van der Waals surface area contributed by atoms with Crippen molar-refractivity contribution in [1.82, 2.24) is 0 Å². The molecule has 0 aliphatic heterocycles. The minimum Gasteiger partial charge on any atom is -0.0622 e. The first kappa shape index (κ1) is 26.2. The van der Waals surface area contributed by atoms with Crippen LogP contribution < -0.4 is 31.8 Å². The summed E-state index contributed by atoms with van der Waals surface area (Å²) in [6, 6.07) is 61.6. The predicted octanol–water partition coefficient (Wildman–Crippen LogP) is 7.37. The summed E-state index contributed by atoms with van der Waals surface area (Å²) < 4.78 is 0. The van der Waals surface area contributed by atoms with E-state index in [9.17, 15) is 0 Å². The maximum Gasteiger partial charge on any atom is -0.0134 e. The molecule has 0 radical (unpaired) electrons. The minimum atomic E-state index is -0.624. The fraction of sp³-hybridized carbons (Fsp3) is 0. The number of rotatable bonds is 8. The Morgan fingerprint density at radius 3 is 0.850 bits per heavy atom.